The highest BCUT2D eigenvalue weighted by molar-refractivity contribution is 6.30. The summed E-state index contributed by atoms with van der Waals surface area (Å²) in [5.74, 6) is -0.447. The highest BCUT2D eigenvalue weighted by Crippen LogP contribution is 2.23. The number of amides is 1. The van der Waals surface area contributed by atoms with Crippen molar-refractivity contribution in [2.45, 2.75) is 31.1 Å². The summed E-state index contributed by atoms with van der Waals surface area (Å²) in [5.41, 5.74) is 9.07. The van der Waals surface area contributed by atoms with Crippen LogP contribution in [-0.4, -0.2) is 11.3 Å². The zero-order valence-corrected chi connectivity index (χ0v) is 9.26. The van der Waals surface area contributed by atoms with Crippen molar-refractivity contribution in [3.8, 4) is 0 Å². The fraction of sp³-hybridized carbons (Fsp3) is 0.417. The van der Waals surface area contributed by atoms with E-state index in [9.17, 15) is 4.79 Å². The van der Waals surface area contributed by atoms with Gasteiger partial charge in [0.2, 0.25) is 5.91 Å². The molecule has 0 aromatic heterocycles. The number of carbonyl (C=O) groups excluding carboxylic acids is 1. The molecule has 2 nitrogen and oxygen atoms in total. The Hall–Kier alpha value is -1.02. The molecule has 1 aromatic carbocycles. The van der Waals surface area contributed by atoms with Crippen molar-refractivity contribution in [1.29, 1.82) is 0 Å². The van der Waals surface area contributed by atoms with E-state index in [2.05, 4.69) is 12.1 Å². The van der Waals surface area contributed by atoms with E-state index in [-0.39, 0.29) is 0 Å². The van der Waals surface area contributed by atoms with Gasteiger partial charge in [0.05, 0.1) is 0 Å². The summed E-state index contributed by atoms with van der Waals surface area (Å²) in [6.45, 7) is 0. The molecule has 1 aliphatic rings. The van der Waals surface area contributed by atoms with Crippen LogP contribution in [-0.2, 0) is 24.1 Å². The van der Waals surface area contributed by atoms with Gasteiger partial charge in [-0.3, -0.25) is 4.79 Å². The first-order chi connectivity index (χ1) is 7.16. The summed E-state index contributed by atoms with van der Waals surface area (Å²) in [4.78, 5) is 10.8. The highest BCUT2D eigenvalue weighted by atomic mass is 35.5. The van der Waals surface area contributed by atoms with Crippen molar-refractivity contribution in [3.05, 3.63) is 34.9 Å². The quantitative estimate of drug-likeness (QED) is 0.781. The van der Waals surface area contributed by atoms with Crippen LogP contribution in [0.2, 0.25) is 0 Å². The molecule has 15 heavy (non-hydrogen) atoms. The minimum Gasteiger partial charge on any atom is -0.368 e. The van der Waals surface area contributed by atoms with Crippen molar-refractivity contribution in [1.82, 2.24) is 0 Å². The number of hydrogen-bond acceptors (Lipinski definition) is 1. The molecular formula is C12H14ClNO. The largest absolute Gasteiger partial charge is 0.368 e. The molecular weight excluding hydrogens is 210 g/mol. The Labute approximate surface area is 94.4 Å². The molecule has 80 valence electrons. The first kappa shape index (κ1) is 10.5. The van der Waals surface area contributed by atoms with E-state index in [1.165, 1.54) is 24.0 Å². The van der Waals surface area contributed by atoms with Gasteiger partial charge in [-0.1, -0.05) is 18.2 Å². The van der Waals surface area contributed by atoms with Crippen LogP contribution in [0.4, 0.5) is 0 Å². The molecule has 2 rings (SSSR count). The number of rotatable bonds is 3. The number of alkyl halides is 1. The first-order valence-corrected chi connectivity index (χ1v) is 5.64. The topological polar surface area (TPSA) is 43.1 Å². The number of benzene rings is 1. The van der Waals surface area contributed by atoms with Gasteiger partial charge in [-0.25, -0.2) is 0 Å². The molecule has 1 amide bonds. The summed E-state index contributed by atoms with van der Waals surface area (Å²) in [7, 11) is 0. The van der Waals surface area contributed by atoms with Gasteiger partial charge < -0.3 is 5.73 Å². The molecule has 2 N–H and O–H groups in total. The first-order valence-electron chi connectivity index (χ1n) is 5.21. The van der Waals surface area contributed by atoms with Crippen LogP contribution < -0.4 is 5.73 Å². The van der Waals surface area contributed by atoms with Gasteiger partial charge >= 0.3 is 0 Å². The fourth-order valence-electron chi connectivity index (χ4n) is 2.06. The average Bonchev–Trinajstić information content (AvgIpc) is 2.64. The van der Waals surface area contributed by atoms with Gasteiger partial charge in [-0.05, 0) is 42.4 Å². The lowest BCUT2D eigenvalue weighted by molar-refractivity contribution is -0.117. The van der Waals surface area contributed by atoms with Crippen molar-refractivity contribution >= 4 is 17.5 Å². The van der Waals surface area contributed by atoms with E-state index in [0.29, 0.717) is 6.42 Å². The van der Waals surface area contributed by atoms with Crippen molar-refractivity contribution in [2.24, 2.45) is 5.73 Å². The molecule has 0 bridgehead atoms. The second kappa shape index (κ2) is 4.23. The summed E-state index contributed by atoms with van der Waals surface area (Å²) in [6, 6.07) is 6.34. The van der Waals surface area contributed by atoms with E-state index >= 15 is 0 Å². The van der Waals surface area contributed by atoms with E-state index in [1.807, 2.05) is 6.07 Å². The maximum absolute atomic E-state index is 10.8. The molecule has 1 aromatic rings. The van der Waals surface area contributed by atoms with Gasteiger partial charge in [0.15, 0.2) is 0 Å². The van der Waals surface area contributed by atoms with Crippen molar-refractivity contribution in [3.63, 3.8) is 0 Å². The predicted octanol–water partition coefficient (Wildman–Crippen LogP) is 1.81. The fourth-order valence-corrected chi connectivity index (χ4v) is 2.24. The third-order valence-corrected chi connectivity index (χ3v) is 3.26. The Balaban J connectivity index is 2.13. The maximum atomic E-state index is 10.8. The van der Waals surface area contributed by atoms with Crippen LogP contribution in [0.25, 0.3) is 0 Å². The molecule has 0 heterocycles. The lowest BCUT2D eigenvalue weighted by Crippen LogP contribution is -2.25. The van der Waals surface area contributed by atoms with Crippen molar-refractivity contribution < 1.29 is 4.79 Å². The Morgan fingerprint density at radius 3 is 2.87 bits per heavy atom. The molecule has 0 fully saturated rings. The second-order valence-electron chi connectivity index (χ2n) is 4.03. The maximum Gasteiger partial charge on any atom is 0.235 e. The van der Waals surface area contributed by atoms with E-state index < -0.39 is 11.3 Å². The zero-order chi connectivity index (χ0) is 10.8. The van der Waals surface area contributed by atoms with Gasteiger partial charge in [0.1, 0.15) is 5.38 Å². The van der Waals surface area contributed by atoms with Crippen LogP contribution in [0.5, 0.6) is 0 Å². The number of nitrogens with two attached hydrogens (primary N) is 1. The number of fused-ring (bicyclic) bond motifs is 1. The van der Waals surface area contributed by atoms with Gasteiger partial charge in [-0.15, -0.1) is 11.6 Å². The van der Waals surface area contributed by atoms with Crippen LogP contribution in [0.3, 0.4) is 0 Å². The minimum absolute atomic E-state index is 0.447. The zero-order valence-electron chi connectivity index (χ0n) is 8.50. The van der Waals surface area contributed by atoms with Gasteiger partial charge in [0.25, 0.3) is 0 Å². The summed E-state index contributed by atoms with van der Waals surface area (Å²) in [5, 5.41) is -0.593. The number of halogens is 1. The lowest BCUT2D eigenvalue weighted by Gasteiger charge is -2.07. The van der Waals surface area contributed by atoms with Gasteiger partial charge in [0, 0.05) is 0 Å². The van der Waals surface area contributed by atoms with Crippen LogP contribution >= 0.6 is 11.6 Å². The number of carbonyl (C=O) groups is 1. The SMILES string of the molecule is NC(=O)C(Cl)Cc1ccc2c(c1)CCC2. The third-order valence-electron chi connectivity index (χ3n) is 2.89. The van der Waals surface area contributed by atoms with E-state index in [1.54, 1.807) is 0 Å². The average molecular weight is 224 g/mol. The number of aryl methyl sites for hydroxylation is 2. The summed E-state index contributed by atoms with van der Waals surface area (Å²) >= 11 is 5.83. The second-order valence-corrected chi connectivity index (χ2v) is 4.56. The Morgan fingerprint density at radius 1 is 1.40 bits per heavy atom. The molecule has 1 aliphatic carbocycles. The molecule has 0 radical (unpaired) electrons. The highest BCUT2D eigenvalue weighted by Gasteiger charge is 2.15. The molecule has 1 atom stereocenters. The normalized spacial score (nSPS) is 16.1. The van der Waals surface area contributed by atoms with E-state index in [4.69, 9.17) is 17.3 Å². The smallest absolute Gasteiger partial charge is 0.235 e. The van der Waals surface area contributed by atoms with Gasteiger partial charge in [-0.2, -0.15) is 0 Å². The Kier molecular flexibility index (Phi) is 2.96. The summed E-state index contributed by atoms with van der Waals surface area (Å²) < 4.78 is 0. The minimum atomic E-state index is -0.593. The molecule has 3 heteroatoms. The number of primary amides is 1. The molecule has 0 aliphatic heterocycles. The molecule has 0 spiro atoms. The monoisotopic (exact) mass is 223 g/mol. The standard InChI is InChI=1S/C12H14ClNO/c13-11(12(14)15)7-8-4-5-9-2-1-3-10(9)6-8/h4-6,11H,1-3,7H2,(H2,14,15). The van der Waals surface area contributed by atoms with Crippen LogP contribution in [0, 0.1) is 0 Å². The molecule has 0 saturated carbocycles. The molecule has 1 unspecified atom stereocenters. The Bertz CT molecular complexity index is 389. The van der Waals surface area contributed by atoms with E-state index in [0.717, 1.165) is 12.0 Å². The lowest BCUT2D eigenvalue weighted by atomic mass is 10.0. The van der Waals surface area contributed by atoms with Crippen LogP contribution in [0.15, 0.2) is 18.2 Å². The number of hydrogen-bond donors (Lipinski definition) is 1. The third kappa shape index (κ3) is 2.32. The Morgan fingerprint density at radius 2 is 2.13 bits per heavy atom. The predicted molar refractivity (Wildman–Crippen MR) is 61.0 cm³/mol. The van der Waals surface area contributed by atoms with Crippen molar-refractivity contribution in [2.75, 3.05) is 0 Å². The molecule has 0 saturated heterocycles. The summed E-state index contributed by atoms with van der Waals surface area (Å²) in [6.07, 6.45) is 4.09. The van der Waals surface area contributed by atoms with Crippen LogP contribution in [0.1, 0.15) is 23.1 Å².